The summed E-state index contributed by atoms with van der Waals surface area (Å²) < 4.78 is 0. The molecule has 1 rings (SSSR count). The van der Waals surface area contributed by atoms with Gasteiger partial charge in [-0.2, -0.15) is 0 Å². The highest BCUT2D eigenvalue weighted by atomic mass is 16.3. The van der Waals surface area contributed by atoms with E-state index in [4.69, 9.17) is 5.11 Å². The lowest BCUT2D eigenvalue weighted by molar-refractivity contribution is -0.141. The molecule has 1 heterocycles. The molecule has 70 valence electrons. The third-order valence-electron chi connectivity index (χ3n) is 2.06. The van der Waals surface area contributed by atoms with Crippen LogP contribution in [0.5, 0.6) is 0 Å². The van der Waals surface area contributed by atoms with Crippen molar-refractivity contribution in [2.24, 2.45) is 0 Å². The number of aliphatic hydroxyl groups excluding tert-OH is 1. The van der Waals surface area contributed by atoms with Crippen LogP contribution in [-0.2, 0) is 4.79 Å². The Morgan fingerprint density at radius 3 is 2.75 bits per heavy atom. The van der Waals surface area contributed by atoms with E-state index in [9.17, 15) is 4.79 Å². The van der Waals surface area contributed by atoms with E-state index < -0.39 is 0 Å². The van der Waals surface area contributed by atoms with Gasteiger partial charge in [0.25, 0.3) is 0 Å². The number of hydrazine groups is 1. The van der Waals surface area contributed by atoms with Crippen LogP contribution in [0, 0.1) is 0 Å². The lowest BCUT2D eigenvalue weighted by atomic mass is 10.4. The number of hydrogen-bond acceptors (Lipinski definition) is 3. The zero-order valence-corrected chi connectivity index (χ0v) is 7.66. The van der Waals surface area contributed by atoms with Crippen molar-refractivity contribution in [3.63, 3.8) is 0 Å². The van der Waals surface area contributed by atoms with Crippen LogP contribution in [0.15, 0.2) is 0 Å². The highest BCUT2D eigenvalue weighted by molar-refractivity contribution is 5.77. The summed E-state index contributed by atoms with van der Waals surface area (Å²) in [6.07, 6.45) is 0.582. The maximum Gasteiger partial charge on any atom is 0.238 e. The summed E-state index contributed by atoms with van der Waals surface area (Å²) in [5, 5.41) is 12.4. The van der Waals surface area contributed by atoms with E-state index in [1.807, 2.05) is 18.9 Å². The molecule has 1 fully saturated rings. The first-order chi connectivity index (χ1) is 5.66. The fraction of sp³-hybridized carbons (Fsp3) is 0.875. The molecule has 0 radical (unpaired) electrons. The summed E-state index contributed by atoms with van der Waals surface area (Å²) in [6.45, 7) is 5.34. The Morgan fingerprint density at radius 1 is 1.58 bits per heavy atom. The van der Waals surface area contributed by atoms with Crippen LogP contribution in [0.4, 0.5) is 0 Å². The third kappa shape index (κ3) is 1.76. The highest BCUT2D eigenvalue weighted by Crippen LogP contribution is 2.14. The summed E-state index contributed by atoms with van der Waals surface area (Å²) in [4.78, 5) is 11.3. The third-order valence-corrected chi connectivity index (χ3v) is 2.06. The summed E-state index contributed by atoms with van der Waals surface area (Å²) in [7, 11) is 0. The maximum atomic E-state index is 11.3. The van der Waals surface area contributed by atoms with Crippen molar-refractivity contribution < 1.29 is 9.90 Å². The van der Waals surface area contributed by atoms with E-state index in [0.717, 1.165) is 6.54 Å². The van der Waals surface area contributed by atoms with Crippen LogP contribution in [0.1, 0.15) is 20.3 Å². The normalized spacial score (nSPS) is 19.7. The molecule has 4 heteroatoms. The maximum absolute atomic E-state index is 11.3. The Hall–Kier alpha value is -0.610. The predicted molar refractivity (Wildman–Crippen MR) is 45.3 cm³/mol. The van der Waals surface area contributed by atoms with Crippen molar-refractivity contribution in [3.05, 3.63) is 0 Å². The monoisotopic (exact) mass is 172 g/mol. The van der Waals surface area contributed by atoms with E-state index in [0.29, 0.717) is 19.0 Å². The van der Waals surface area contributed by atoms with Gasteiger partial charge in [0, 0.05) is 19.0 Å². The van der Waals surface area contributed by atoms with Crippen LogP contribution < -0.4 is 0 Å². The largest absolute Gasteiger partial charge is 0.394 e. The molecule has 1 N–H and O–H groups in total. The van der Waals surface area contributed by atoms with Gasteiger partial charge in [-0.15, -0.1) is 0 Å². The molecule has 0 aromatic rings. The molecule has 0 unspecified atom stereocenters. The zero-order valence-electron chi connectivity index (χ0n) is 7.66. The average Bonchev–Trinajstić information content (AvgIpc) is 2.34. The summed E-state index contributed by atoms with van der Waals surface area (Å²) in [5.41, 5.74) is 0. The number of amides is 1. The Kier molecular flexibility index (Phi) is 3.05. The molecule has 1 aliphatic rings. The van der Waals surface area contributed by atoms with Crippen LogP contribution in [0.25, 0.3) is 0 Å². The SMILES string of the molecule is CC(C)N1CCC(=O)N1CCO. The summed E-state index contributed by atoms with van der Waals surface area (Å²) in [5.74, 6) is 0.123. The molecule has 1 saturated heterocycles. The molecular formula is C8H16N2O2. The number of carbonyl (C=O) groups is 1. The van der Waals surface area contributed by atoms with Gasteiger partial charge in [0.1, 0.15) is 0 Å². The van der Waals surface area contributed by atoms with E-state index >= 15 is 0 Å². The predicted octanol–water partition coefficient (Wildman–Crippen LogP) is -0.164. The first kappa shape index (κ1) is 9.48. The van der Waals surface area contributed by atoms with Gasteiger partial charge in [-0.1, -0.05) is 0 Å². The molecule has 4 nitrogen and oxygen atoms in total. The zero-order chi connectivity index (χ0) is 9.14. The number of carbonyl (C=O) groups excluding carboxylic acids is 1. The van der Waals surface area contributed by atoms with Gasteiger partial charge in [0.05, 0.1) is 13.2 Å². The number of nitrogens with zero attached hydrogens (tertiary/aromatic N) is 2. The van der Waals surface area contributed by atoms with E-state index in [1.54, 1.807) is 5.01 Å². The second-order valence-corrected chi connectivity index (χ2v) is 3.25. The van der Waals surface area contributed by atoms with E-state index in [-0.39, 0.29) is 12.5 Å². The van der Waals surface area contributed by atoms with E-state index in [2.05, 4.69) is 0 Å². The van der Waals surface area contributed by atoms with Crippen LogP contribution in [0.3, 0.4) is 0 Å². The van der Waals surface area contributed by atoms with Crippen LogP contribution in [0.2, 0.25) is 0 Å². The Balaban J connectivity index is 2.57. The minimum Gasteiger partial charge on any atom is -0.394 e. The van der Waals surface area contributed by atoms with Gasteiger partial charge in [-0.05, 0) is 13.8 Å². The van der Waals surface area contributed by atoms with Gasteiger partial charge in [0.2, 0.25) is 5.91 Å². The topological polar surface area (TPSA) is 43.8 Å². The molecule has 0 bridgehead atoms. The molecular weight excluding hydrogens is 156 g/mol. The molecule has 0 aromatic carbocycles. The molecule has 0 atom stereocenters. The second-order valence-electron chi connectivity index (χ2n) is 3.25. The second kappa shape index (κ2) is 3.87. The molecule has 1 amide bonds. The highest BCUT2D eigenvalue weighted by Gasteiger charge is 2.29. The Morgan fingerprint density at radius 2 is 2.25 bits per heavy atom. The number of rotatable bonds is 3. The minimum atomic E-state index is 0.0367. The number of aliphatic hydroxyl groups is 1. The molecule has 12 heavy (non-hydrogen) atoms. The molecule has 0 aliphatic carbocycles. The van der Waals surface area contributed by atoms with Gasteiger partial charge < -0.3 is 5.11 Å². The average molecular weight is 172 g/mol. The van der Waals surface area contributed by atoms with Gasteiger partial charge in [-0.3, -0.25) is 9.80 Å². The van der Waals surface area contributed by atoms with Crippen molar-refractivity contribution in [2.75, 3.05) is 19.7 Å². The lowest BCUT2D eigenvalue weighted by Crippen LogP contribution is -2.44. The smallest absolute Gasteiger partial charge is 0.238 e. The van der Waals surface area contributed by atoms with Crippen molar-refractivity contribution in [1.29, 1.82) is 0 Å². The van der Waals surface area contributed by atoms with Crippen molar-refractivity contribution >= 4 is 5.91 Å². The number of hydrogen-bond donors (Lipinski definition) is 1. The first-order valence-corrected chi connectivity index (χ1v) is 4.34. The summed E-state index contributed by atoms with van der Waals surface area (Å²) >= 11 is 0. The van der Waals surface area contributed by atoms with Gasteiger partial charge in [0.15, 0.2) is 0 Å². The van der Waals surface area contributed by atoms with E-state index in [1.165, 1.54) is 0 Å². The Labute approximate surface area is 72.7 Å². The minimum absolute atomic E-state index is 0.0367. The fourth-order valence-electron chi connectivity index (χ4n) is 1.49. The summed E-state index contributed by atoms with van der Waals surface area (Å²) in [6, 6.07) is 0.336. The first-order valence-electron chi connectivity index (χ1n) is 4.34. The molecule has 1 aliphatic heterocycles. The van der Waals surface area contributed by atoms with Crippen molar-refractivity contribution in [1.82, 2.24) is 10.0 Å². The quantitative estimate of drug-likeness (QED) is 0.643. The fourth-order valence-corrected chi connectivity index (χ4v) is 1.49. The number of β-amino-alcohol motifs (C(OH)–C–C–N with tert-alkyl or cyclic N) is 1. The van der Waals surface area contributed by atoms with Crippen molar-refractivity contribution in [3.8, 4) is 0 Å². The standard InChI is InChI=1S/C8H16N2O2/c1-7(2)9-4-3-8(12)10(9)5-6-11/h7,11H,3-6H2,1-2H3. The van der Waals surface area contributed by atoms with Crippen LogP contribution in [-0.4, -0.2) is 46.8 Å². The lowest BCUT2D eigenvalue weighted by Gasteiger charge is -2.30. The van der Waals surface area contributed by atoms with Gasteiger partial charge >= 0.3 is 0 Å². The molecule has 0 saturated carbocycles. The van der Waals surface area contributed by atoms with Crippen molar-refractivity contribution in [2.45, 2.75) is 26.3 Å². The molecule has 0 aromatic heterocycles. The van der Waals surface area contributed by atoms with Crippen LogP contribution >= 0.6 is 0 Å². The molecule has 0 spiro atoms. The van der Waals surface area contributed by atoms with Gasteiger partial charge in [-0.25, -0.2) is 5.01 Å². The Bertz CT molecular complexity index is 170.